The van der Waals surface area contributed by atoms with E-state index >= 15 is 0 Å². The molecule has 1 aliphatic heterocycles. The van der Waals surface area contributed by atoms with Crippen molar-refractivity contribution in [1.82, 2.24) is 0 Å². The van der Waals surface area contributed by atoms with E-state index in [0.717, 1.165) is 23.4 Å². The van der Waals surface area contributed by atoms with Gasteiger partial charge >= 0.3 is 0 Å². The fourth-order valence-corrected chi connectivity index (χ4v) is 2.58. The molecule has 1 aliphatic rings. The van der Waals surface area contributed by atoms with Crippen LogP contribution in [0.15, 0.2) is 41.4 Å². The standard InChI is InChI=1S/C19H23N3O4.HI/c1-23-15-6-4-13(10-17(15)24-2)12-21-19(20)22-14-5-7-16-18(11-14)26-9-3-8-25-16;/h4-7,10-11H,3,8-9,12H2,1-2H3,(H3,20,21,22);1H. The van der Waals surface area contributed by atoms with Crippen molar-refractivity contribution >= 4 is 35.6 Å². The highest BCUT2D eigenvalue weighted by Crippen LogP contribution is 2.32. The maximum Gasteiger partial charge on any atom is 0.193 e. The van der Waals surface area contributed by atoms with Crippen LogP contribution in [0.25, 0.3) is 0 Å². The van der Waals surface area contributed by atoms with Crippen LogP contribution in [0.5, 0.6) is 23.0 Å². The van der Waals surface area contributed by atoms with Gasteiger partial charge in [-0.1, -0.05) is 6.07 Å². The van der Waals surface area contributed by atoms with Crippen LogP contribution in [0.2, 0.25) is 0 Å². The molecule has 8 heteroatoms. The molecule has 0 aliphatic carbocycles. The average Bonchev–Trinajstić information content (AvgIpc) is 2.91. The van der Waals surface area contributed by atoms with E-state index in [0.29, 0.717) is 43.0 Å². The number of halogens is 1. The Morgan fingerprint density at radius 2 is 1.78 bits per heavy atom. The fraction of sp³-hybridized carbons (Fsp3) is 0.316. The van der Waals surface area contributed by atoms with E-state index in [2.05, 4.69) is 10.3 Å². The molecule has 3 rings (SSSR count). The van der Waals surface area contributed by atoms with Crippen LogP contribution < -0.4 is 30.0 Å². The molecule has 0 radical (unpaired) electrons. The predicted octanol–water partition coefficient (Wildman–Crippen LogP) is 3.41. The van der Waals surface area contributed by atoms with Crippen molar-refractivity contribution in [2.75, 3.05) is 32.8 Å². The van der Waals surface area contributed by atoms with Crippen LogP contribution >= 0.6 is 24.0 Å². The van der Waals surface area contributed by atoms with Gasteiger partial charge in [0.15, 0.2) is 29.0 Å². The number of nitrogens with zero attached hydrogens (tertiary/aromatic N) is 1. The van der Waals surface area contributed by atoms with Crippen molar-refractivity contribution in [2.24, 2.45) is 10.7 Å². The number of nitrogens with two attached hydrogens (primary N) is 1. The van der Waals surface area contributed by atoms with Crippen LogP contribution in [-0.2, 0) is 6.54 Å². The van der Waals surface area contributed by atoms with Crippen LogP contribution in [0.1, 0.15) is 12.0 Å². The van der Waals surface area contributed by atoms with Crippen LogP contribution in [-0.4, -0.2) is 33.4 Å². The molecule has 3 N–H and O–H groups in total. The number of hydrogen-bond donors (Lipinski definition) is 2. The predicted molar refractivity (Wildman–Crippen MR) is 116 cm³/mol. The SMILES string of the molecule is COc1ccc(CN=C(N)Nc2ccc3c(c2)OCCCO3)cc1OC.I. The largest absolute Gasteiger partial charge is 0.493 e. The number of methoxy groups -OCH3 is 2. The third kappa shape index (κ3) is 5.56. The minimum Gasteiger partial charge on any atom is -0.493 e. The molecule has 7 nitrogen and oxygen atoms in total. The van der Waals surface area contributed by atoms with Gasteiger partial charge in [-0.25, -0.2) is 4.99 Å². The summed E-state index contributed by atoms with van der Waals surface area (Å²) in [4.78, 5) is 4.37. The Morgan fingerprint density at radius 3 is 2.52 bits per heavy atom. The number of aliphatic imine (C=N–C) groups is 1. The summed E-state index contributed by atoms with van der Waals surface area (Å²) in [6, 6.07) is 11.3. The lowest BCUT2D eigenvalue weighted by Gasteiger charge is -2.11. The Morgan fingerprint density at radius 1 is 1.04 bits per heavy atom. The number of ether oxygens (including phenoxy) is 4. The molecular formula is C19H24IN3O4. The average molecular weight is 485 g/mol. The first-order valence-corrected chi connectivity index (χ1v) is 8.37. The van der Waals surface area contributed by atoms with Crippen molar-refractivity contribution in [3.05, 3.63) is 42.0 Å². The number of rotatable bonds is 5. The zero-order chi connectivity index (χ0) is 18.4. The van der Waals surface area contributed by atoms with E-state index in [4.69, 9.17) is 24.7 Å². The van der Waals surface area contributed by atoms with Gasteiger partial charge in [0, 0.05) is 18.2 Å². The van der Waals surface area contributed by atoms with Crippen molar-refractivity contribution < 1.29 is 18.9 Å². The Bertz CT molecular complexity index is 799. The lowest BCUT2D eigenvalue weighted by atomic mass is 10.2. The van der Waals surface area contributed by atoms with Crippen molar-refractivity contribution in [1.29, 1.82) is 0 Å². The third-order valence-corrected chi connectivity index (χ3v) is 3.90. The zero-order valence-corrected chi connectivity index (χ0v) is 17.7. The number of hydrogen-bond acceptors (Lipinski definition) is 5. The van der Waals surface area contributed by atoms with Crippen molar-refractivity contribution in [3.63, 3.8) is 0 Å². The molecule has 0 saturated carbocycles. The fourth-order valence-electron chi connectivity index (χ4n) is 2.58. The lowest BCUT2D eigenvalue weighted by Crippen LogP contribution is -2.22. The monoisotopic (exact) mass is 485 g/mol. The van der Waals surface area contributed by atoms with Crippen LogP contribution in [0.4, 0.5) is 5.69 Å². The molecule has 2 aromatic carbocycles. The first-order valence-electron chi connectivity index (χ1n) is 8.37. The van der Waals surface area contributed by atoms with E-state index in [-0.39, 0.29) is 24.0 Å². The maximum atomic E-state index is 6.00. The highest BCUT2D eigenvalue weighted by atomic mass is 127. The summed E-state index contributed by atoms with van der Waals surface area (Å²) in [7, 11) is 3.21. The van der Waals surface area contributed by atoms with E-state index in [1.165, 1.54) is 0 Å². The summed E-state index contributed by atoms with van der Waals surface area (Å²) in [6.45, 7) is 1.72. The summed E-state index contributed by atoms with van der Waals surface area (Å²) in [5.41, 5.74) is 7.76. The third-order valence-electron chi connectivity index (χ3n) is 3.90. The Labute approximate surface area is 175 Å². The quantitative estimate of drug-likeness (QED) is 0.384. The number of fused-ring (bicyclic) bond motifs is 1. The Kier molecular flexibility index (Phi) is 7.83. The summed E-state index contributed by atoms with van der Waals surface area (Å²) >= 11 is 0. The highest BCUT2D eigenvalue weighted by molar-refractivity contribution is 14.0. The molecule has 2 aromatic rings. The minimum atomic E-state index is 0. The Balaban J connectivity index is 0.00000261. The summed E-state index contributed by atoms with van der Waals surface area (Å²) in [5.74, 6) is 3.11. The topological polar surface area (TPSA) is 87.3 Å². The van der Waals surface area contributed by atoms with Gasteiger partial charge in [0.1, 0.15) is 0 Å². The molecule has 0 fully saturated rings. The summed E-state index contributed by atoms with van der Waals surface area (Å²) in [6.07, 6.45) is 0.867. The van der Waals surface area contributed by atoms with Gasteiger partial charge in [-0.05, 0) is 29.8 Å². The van der Waals surface area contributed by atoms with Gasteiger partial charge < -0.3 is 30.0 Å². The van der Waals surface area contributed by atoms with Gasteiger partial charge in [-0.15, -0.1) is 24.0 Å². The van der Waals surface area contributed by atoms with Crippen LogP contribution in [0.3, 0.4) is 0 Å². The molecule has 146 valence electrons. The molecule has 0 bridgehead atoms. The Hall–Kier alpha value is -2.36. The second kappa shape index (κ2) is 10.1. The van der Waals surface area contributed by atoms with Gasteiger partial charge in [-0.3, -0.25) is 0 Å². The van der Waals surface area contributed by atoms with Gasteiger partial charge in [0.25, 0.3) is 0 Å². The second-order valence-electron chi connectivity index (χ2n) is 5.73. The first-order chi connectivity index (χ1) is 12.7. The van der Waals surface area contributed by atoms with Gasteiger partial charge in [0.05, 0.1) is 34.0 Å². The molecule has 27 heavy (non-hydrogen) atoms. The van der Waals surface area contributed by atoms with E-state index in [1.54, 1.807) is 14.2 Å². The first kappa shape index (κ1) is 20.9. The zero-order valence-electron chi connectivity index (χ0n) is 15.4. The van der Waals surface area contributed by atoms with E-state index in [1.807, 2.05) is 36.4 Å². The van der Waals surface area contributed by atoms with E-state index < -0.39 is 0 Å². The van der Waals surface area contributed by atoms with Crippen molar-refractivity contribution in [2.45, 2.75) is 13.0 Å². The summed E-state index contributed by atoms with van der Waals surface area (Å²) < 4.78 is 21.8. The number of benzene rings is 2. The molecular weight excluding hydrogens is 461 g/mol. The van der Waals surface area contributed by atoms with E-state index in [9.17, 15) is 0 Å². The smallest absolute Gasteiger partial charge is 0.193 e. The van der Waals surface area contributed by atoms with Gasteiger partial charge in [-0.2, -0.15) is 0 Å². The number of guanidine groups is 1. The summed E-state index contributed by atoms with van der Waals surface area (Å²) in [5, 5.41) is 3.07. The molecule has 0 saturated heterocycles. The molecule has 0 unspecified atom stereocenters. The van der Waals surface area contributed by atoms with Crippen LogP contribution in [0, 0.1) is 0 Å². The van der Waals surface area contributed by atoms with Crippen molar-refractivity contribution in [3.8, 4) is 23.0 Å². The molecule has 1 heterocycles. The maximum absolute atomic E-state index is 6.00. The van der Waals surface area contributed by atoms with Gasteiger partial charge in [0.2, 0.25) is 0 Å². The molecule has 0 spiro atoms. The molecule has 0 aromatic heterocycles. The molecule has 0 atom stereocenters. The highest BCUT2D eigenvalue weighted by Gasteiger charge is 2.11. The second-order valence-corrected chi connectivity index (χ2v) is 5.73. The number of nitrogens with one attached hydrogen (secondary N) is 1. The molecule has 0 amide bonds. The normalized spacial score (nSPS) is 13.2. The lowest BCUT2D eigenvalue weighted by molar-refractivity contribution is 0.297. The minimum absolute atomic E-state index is 0. The number of anilines is 1.